The highest BCUT2D eigenvalue weighted by Gasteiger charge is 2.07. The zero-order valence-corrected chi connectivity index (χ0v) is 20.4. The van der Waals surface area contributed by atoms with Crippen molar-refractivity contribution in [3.8, 4) is 11.5 Å². The average molecular weight is 544 g/mol. The van der Waals surface area contributed by atoms with Gasteiger partial charge in [0.2, 0.25) is 5.91 Å². The summed E-state index contributed by atoms with van der Waals surface area (Å²) in [5.41, 5.74) is 1.43. The quantitative estimate of drug-likeness (QED) is 0.184. The summed E-state index contributed by atoms with van der Waals surface area (Å²) in [5, 5.41) is 9.15. The number of ether oxygens (including phenoxy) is 2. The van der Waals surface area contributed by atoms with E-state index < -0.39 is 0 Å². The summed E-state index contributed by atoms with van der Waals surface area (Å²) < 4.78 is 24.1. The van der Waals surface area contributed by atoms with Crippen molar-refractivity contribution in [3.05, 3.63) is 53.8 Å². The van der Waals surface area contributed by atoms with Crippen LogP contribution in [0.15, 0.2) is 47.5 Å². The van der Waals surface area contributed by atoms with Crippen molar-refractivity contribution in [3.63, 3.8) is 0 Å². The highest BCUT2D eigenvalue weighted by atomic mass is 127. The molecule has 0 spiro atoms. The van der Waals surface area contributed by atoms with Gasteiger partial charge in [-0.3, -0.25) is 9.79 Å². The highest BCUT2D eigenvalue weighted by molar-refractivity contribution is 14.0. The van der Waals surface area contributed by atoms with E-state index in [0.717, 1.165) is 5.69 Å². The van der Waals surface area contributed by atoms with Crippen LogP contribution in [-0.2, 0) is 11.2 Å². The lowest BCUT2D eigenvalue weighted by Gasteiger charge is -2.14. The van der Waals surface area contributed by atoms with Crippen LogP contribution in [0.2, 0.25) is 0 Å². The first kappa shape index (κ1) is 26.5. The topological polar surface area (TPSA) is 84.0 Å². The molecule has 0 bridgehead atoms. The number of hydrogen-bond acceptors (Lipinski definition) is 4. The van der Waals surface area contributed by atoms with Crippen LogP contribution in [-0.4, -0.2) is 45.2 Å². The smallest absolute Gasteiger partial charge is 0.224 e. The van der Waals surface area contributed by atoms with Crippen molar-refractivity contribution < 1.29 is 18.7 Å². The Morgan fingerprint density at radius 1 is 1.10 bits per heavy atom. The molecule has 0 heterocycles. The van der Waals surface area contributed by atoms with Crippen molar-refractivity contribution in [1.29, 1.82) is 0 Å². The number of methoxy groups -OCH3 is 1. The third-order valence-electron chi connectivity index (χ3n) is 4.03. The Morgan fingerprint density at radius 3 is 2.58 bits per heavy atom. The van der Waals surface area contributed by atoms with Crippen molar-refractivity contribution in [2.45, 2.75) is 20.3 Å². The predicted molar refractivity (Wildman–Crippen MR) is 132 cm³/mol. The molecule has 2 aromatic carbocycles. The van der Waals surface area contributed by atoms with Crippen molar-refractivity contribution >= 4 is 41.5 Å². The van der Waals surface area contributed by atoms with Gasteiger partial charge in [-0.15, -0.1) is 24.0 Å². The first-order chi connectivity index (χ1) is 14.5. The minimum atomic E-state index is -0.350. The fourth-order valence-corrected chi connectivity index (χ4v) is 2.72. The summed E-state index contributed by atoms with van der Waals surface area (Å²) in [6, 6.07) is 11.6. The molecule has 0 radical (unpaired) electrons. The Labute approximate surface area is 199 Å². The predicted octanol–water partition coefficient (Wildman–Crippen LogP) is 3.59. The molecule has 0 saturated carbocycles. The number of hydrogen-bond donors (Lipinski definition) is 3. The second-order valence-corrected chi connectivity index (χ2v) is 6.34. The Hall–Kier alpha value is -2.56. The van der Waals surface area contributed by atoms with E-state index >= 15 is 0 Å². The number of carbonyl (C=O) groups is 1. The van der Waals surface area contributed by atoms with Gasteiger partial charge in [-0.2, -0.15) is 0 Å². The average Bonchev–Trinajstić information content (AvgIpc) is 2.72. The second-order valence-electron chi connectivity index (χ2n) is 6.34. The highest BCUT2D eigenvalue weighted by Crippen LogP contribution is 2.30. The van der Waals surface area contributed by atoms with E-state index in [4.69, 9.17) is 9.47 Å². The molecule has 3 N–H and O–H groups in total. The summed E-state index contributed by atoms with van der Waals surface area (Å²) in [5.74, 6) is 1.36. The van der Waals surface area contributed by atoms with Gasteiger partial charge >= 0.3 is 0 Å². The molecule has 0 atom stereocenters. The molecule has 0 aliphatic rings. The molecule has 31 heavy (non-hydrogen) atoms. The van der Waals surface area contributed by atoms with Gasteiger partial charge in [-0.05, 0) is 43.7 Å². The van der Waals surface area contributed by atoms with Crippen molar-refractivity contribution in [1.82, 2.24) is 10.6 Å². The van der Waals surface area contributed by atoms with E-state index in [1.807, 2.05) is 32.0 Å². The van der Waals surface area contributed by atoms with Gasteiger partial charge in [-0.25, -0.2) is 4.39 Å². The molecular weight excluding hydrogens is 514 g/mol. The Kier molecular flexibility index (Phi) is 12.3. The Bertz CT molecular complexity index is 864. The fraction of sp³-hybridized carbons (Fsp3) is 0.364. The van der Waals surface area contributed by atoms with Crippen molar-refractivity contribution in [2.75, 3.05) is 38.7 Å². The van der Waals surface area contributed by atoms with Crippen LogP contribution < -0.4 is 25.4 Å². The maximum absolute atomic E-state index is 13.2. The van der Waals surface area contributed by atoms with E-state index in [1.165, 1.54) is 12.1 Å². The number of carbonyl (C=O) groups excluding carboxylic acids is 1. The minimum absolute atomic E-state index is 0. The van der Waals surface area contributed by atoms with Crippen molar-refractivity contribution in [2.24, 2.45) is 4.99 Å². The summed E-state index contributed by atoms with van der Waals surface area (Å²) in [6.07, 6.45) is 0.131. The van der Waals surface area contributed by atoms with Crippen LogP contribution in [0, 0.1) is 5.82 Å². The molecule has 0 aliphatic carbocycles. The second kappa shape index (κ2) is 14.4. The maximum atomic E-state index is 13.2. The number of anilines is 1. The van der Waals surface area contributed by atoms with Gasteiger partial charge in [0.1, 0.15) is 5.82 Å². The molecule has 2 aromatic rings. The molecule has 0 saturated heterocycles. The number of nitrogens with zero attached hydrogens (tertiary/aromatic N) is 1. The SMILES string of the molecule is CCNC(=NCCNC(=O)Cc1cccc(F)c1)Nc1ccc(OCC)c(OC)c1.I. The first-order valence-corrected chi connectivity index (χ1v) is 9.93. The lowest BCUT2D eigenvalue weighted by atomic mass is 10.1. The molecule has 0 aromatic heterocycles. The summed E-state index contributed by atoms with van der Waals surface area (Å²) in [6.45, 7) is 5.88. The number of rotatable bonds is 10. The summed E-state index contributed by atoms with van der Waals surface area (Å²) in [7, 11) is 1.59. The van der Waals surface area contributed by atoms with E-state index in [1.54, 1.807) is 19.2 Å². The Morgan fingerprint density at radius 2 is 1.90 bits per heavy atom. The van der Waals surface area contributed by atoms with E-state index in [9.17, 15) is 9.18 Å². The monoisotopic (exact) mass is 544 g/mol. The van der Waals surface area contributed by atoms with E-state index in [0.29, 0.717) is 49.3 Å². The number of guanidine groups is 1. The molecule has 170 valence electrons. The van der Waals surface area contributed by atoms with Gasteiger partial charge in [0.25, 0.3) is 0 Å². The molecule has 2 rings (SSSR count). The van der Waals surface area contributed by atoms with Crippen LogP contribution in [0.1, 0.15) is 19.4 Å². The maximum Gasteiger partial charge on any atom is 0.224 e. The molecule has 0 fully saturated rings. The van der Waals surface area contributed by atoms with Crippen LogP contribution >= 0.6 is 24.0 Å². The number of amides is 1. The first-order valence-electron chi connectivity index (χ1n) is 9.93. The zero-order valence-electron chi connectivity index (χ0n) is 18.0. The molecule has 0 unspecified atom stereocenters. The summed E-state index contributed by atoms with van der Waals surface area (Å²) >= 11 is 0. The Balaban J connectivity index is 0.00000480. The van der Waals surface area contributed by atoms with Gasteiger partial charge in [0, 0.05) is 24.8 Å². The lowest BCUT2D eigenvalue weighted by molar-refractivity contribution is -0.120. The van der Waals surface area contributed by atoms with Gasteiger partial charge < -0.3 is 25.4 Å². The summed E-state index contributed by atoms with van der Waals surface area (Å²) in [4.78, 5) is 16.5. The van der Waals surface area contributed by atoms with Crippen LogP contribution in [0.25, 0.3) is 0 Å². The number of aliphatic imine (C=N–C) groups is 1. The van der Waals surface area contributed by atoms with Gasteiger partial charge in [-0.1, -0.05) is 12.1 Å². The number of benzene rings is 2. The minimum Gasteiger partial charge on any atom is -0.493 e. The number of nitrogens with one attached hydrogen (secondary N) is 3. The van der Waals surface area contributed by atoms with Crippen LogP contribution in [0.3, 0.4) is 0 Å². The molecule has 0 aliphatic heterocycles. The van der Waals surface area contributed by atoms with Gasteiger partial charge in [0.05, 0.1) is 26.7 Å². The molecular formula is C22H30FIN4O3. The lowest BCUT2D eigenvalue weighted by Crippen LogP contribution is -2.32. The van der Waals surface area contributed by atoms with E-state index in [-0.39, 0.29) is 42.1 Å². The van der Waals surface area contributed by atoms with Crippen LogP contribution in [0.4, 0.5) is 10.1 Å². The number of halogens is 2. The molecule has 7 nitrogen and oxygen atoms in total. The third kappa shape index (κ3) is 9.41. The fourth-order valence-electron chi connectivity index (χ4n) is 2.72. The third-order valence-corrected chi connectivity index (χ3v) is 4.03. The van der Waals surface area contributed by atoms with Crippen LogP contribution in [0.5, 0.6) is 11.5 Å². The standard InChI is InChI=1S/C22H29FN4O3.HI/c1-4-24-22(27-18-9-10-19(30-5-2)20(15-18)29-3)26-12-11-25-21(28)14-16-7-6-8-17(23)13-16;/h6-10,13,15H,4-5,11-12,14H2,1-3H3,(H,25,28)(H2,24,26,27);1H. The van der Waals surface area contributed by atoms with E-state index in [2.05, 4.69) is 20.9 Å². The normalized spacial score (nSPS) is 10.6. The molecule has 9 heteroatoms. The molecule has 1 amide bonds. The van der Waals surface area contributed by atoms with Gasteiger partial charge in [0.15, 0.2) is 17.5 Å². The largest absolute Gasteiger partial charge is 0.493 e. The zero-order chi connectivity index (χ0) is 21.8.